The number of amides is 2. The Morgan fingerprint density at radius 1 is 1.19 bits per heavy atom. The Balaban J connectivity index is 2.08. The number of benzene rings is 1. The number of nitrogens with zero attached hydrogens (tertiary/aromatic N) is 1. The number of aromatic nitrogens is 1. The predicted molar refractivity (Wildman–Crippen MR) is 105 cm³/mol. The Bertz CT molecular complexity index is 808. The van der Waals surface area contributed by atoms with Crippen molar-refractivity contribution in [2.45, 2.75) is 27.2 Å². The van der Waals surface area contributed by atoms with Gasteiger partial charge < -0.3 is 15.7 Å². The summed E-state index contributed by atoms with van der Waals surface area (Å²) in [6.07, 6.45) is 0.815. The molecule has 3 N–H and O–H groups in total. The molecule has 2 rings (SSSR count). The van der Waals surface area contributed by atoms with Crippen LogP contribution < -0.4 is 10.6 Å². The second kappa shape index (κ2) is 8.24. The van der Waals surface area contributed by atoms with Crippen molar-refractivity contribution in [3.8, 4) is 5.75 Å². The molecule has 0 saturated carbocycles. The molecular formula is C17H19Cl2N3O3S. The Hall–Kier alpha value is -1.83. The molecule has 0 bridgehead atoms. The van der Waals surface area contributed by atoms with Crippen LogP contribution in [0.1, 0.15) is 48.0 Å². The van der Waals surface area contributed by atoms with Gasteiger partial charge in [-0.15, -0.1) is 11.3 Å². The fourth-order valence-corrected chi connectivity index (χ4v) is 3.16. The fourth-order valence-electron chi connectivity index (χ4n) is 2.00. The lowest BCUT2D eigenvalue weighted by Gasteiger charge is -2.17. The largest absolute Gasteiger partial charge is 0.505 e. The van der Waals surface area contributed by atoms with Crippen molar-refractivity contribution in [1.82, 2.24) is 10.3 Å². The van der Waals surface area contributed by atoms with E-state index in [1.807, 2.05) is 0 Å². The van der Waals surface area contributed by atoms with E-state index in [2.05, 4.69) is 36.4 Å². The van der Waals surface area contributed by atoms with Gasteiger partial charge in [-0.2, -0.15) is 0 Å². The highest BCUT2D eigenvalue weighted by Crippen LogP contribution is 2.33. The van der Waals surface area contributed by atoms with Crippen LogP contribution in [0.4, 0.5) is 5.00 Å². The number of hydrogen-bond donors (Lipinski definition) is 3. The number of carbonyl (C=O) groups excluding carboxylic acids is 2. The van der Waals surface area contributed by atoms with Gasteiger partial charge in [0.15, 0.2) is 11.4 Å². The molecule has 9 heteroatoms. The molecule has 0 unspecified atom stereocenters. The zero-order valence-corrected chi connectivity index (χ0v) is 16.8. The lowest BCUT2D eigenvalue weighted by Crippen LogP contribution is -2.28. The van der Waals surface area contributed by atoms with Crippen LogP contribution >= 0.6 is 34.5 Å². The molecule has 2 amide bonds. The summed E-state index contributed by atoms with van der Waals surface area (Å²) in [7, 11) is 0. The van der Waals surface area contributed by atoms with Crippen molar-refractivity contribution in [3.05, 3.63) is 38.9 Å². The molecule has 140 valence electrons. The van der Waals surface area contributed by atoms with Gasteiger partial charge >= 0.3 is 0 Å². The second-order valence-corrected chi connectivity index (χ2v) is 8.51. The van der Waals surface area contributed by atoms with E-state index < -0.39 is 5.91 Å². The van der Waals surface area contributed by atoms with E-state index in [-0.39, 0.29) is 38.4 Å². The average molecular weight is 416 g/mol. The molecule has 0 radical (unpaired) electrons. The molecule has 1 heterocycles. The minimum atomic E-state index is -0.512. The summed E-state index contributed by atoms with van der Waals surface area (Å²) >= 11 is 12.8. The number of rotatable bonds is 5. The van der Waals surface area contributed by atoms with E-state index in [1.54, 1.807) is 0 Å². The maximum Gasteiger partial charge on any atom is 0.272 e. The molecule has 0 atom stereocenters. The molecule has 6 nitrogen and oxygen atoms in total. The number of aromatic hydroxyl groups is 1. The molecule has 0 saturated heterocycles. The highest BCUT2D eigenvalue weighted by Gasteiger charge is 2.19. The Morgan fingerprint density at radius 2 is 1.81 bits per heavy atom. The Kier molecular flexibility index (Phi) is 6.49. The SMILES string of the molecule is CC(C)(C)CCNC(=O)c1ncsc1NC(=O)c1cc(Cl)c(O)c(Cl)c1. The fraction of sp³-hybridized carbons (Fsp3) is 0.353. The zero-order valence-electron chi connectivity index (χ0n) is 14.5. The van der Waals surface area contributed by atoms with E-state index in [0.717, 1.165) is 17.8 Å². The lowest BCUT2D eigenvalue weighted by molar-refractivity contribution is 0.0946. The summed E-state index contributed by atoms with van der Waals surface area (Å²) in [6.45, 7) is 6.77. The molecule has 0 aliphatic heterocycles. The van der Waals surface area contributed by atoms with Gasteiger partial charge in [0.05, 0.1) is 15.6 Å². The summed E-state index contributed by atoms with van der Waals surface area (Å²) < 4.78 is 0. The smallest absolute Gasteiger partial charge is 0.272 e. The van der Waals surface area contributed by atoms with Gasteiger partial charge in [-0.1, -0.05) is 44.0 Å². The van der Waals surface area contributed by atoms with Gasteiger partial charge in [0, 0.05) is 12.1 Å². The molecule has 26 heavy (non-hydrogen) atoms. The number of halogens is 2. The maximum absolute atomic E-state index is 12.4. The third-order valence-corrected chi connectivity index (χ3v) is 4.77. The highest BCUT2D eigenvalue weighted by atomic mass is 35.5. The molecule has 0 spiro atoms. The lowest BCUT2D eigenvalue weighted by atomic mass is 9.92. The zero-order chi connectivity index (χ0) is 19.5. The maximum atomic E-state index is 12.4. The third-order valence-electron chi connectivity index (χ3n) is 3.45. The Morgan fingerprint density at radius 3 is 2.38 bits per heavy atom. The molecule has 1 aromatic heterocycles. The molecule has 0 aliphatic rings. The Labute approximate surface area is 165 Å². The predicted octanol–water partition coefficient (Wildman–Crippen LogP) is 4.57. The quantitative estimate of drug-likeness (QED) is 0.666. The standard InChI is InChI=1S/C17H19Cl2N3O3S/c1-17(2,3)4-5-20-15(25)12-16(26-8-21-12)22-14(24)9-6-10(18)13(23)11(19)7-9/h6-8,23H,4-5H2,1-3H3,(H,20,25)(H,22,24). The van der Waals surface area contributed by atoms with Gasteiger partial charge in [-0.25, -0.2) is 4.98 Å². The van der Waals surface area contributed by atoms with Crippen molar-refractivity contribution in [3.63, 3.8) is 0 Å². The third kappa shape index (κ3) is 5.33. The van der Waals surface area contributed by atoms with Gasteiger partial charge in [-0.3, -0.25) is 9.59 Å². The normalized spacial score (nSPS) is 11.3. The van der Waals surface area contributed by atoms with Gasteiger partial charge in [0.25, 0.3) is 11.8 Å². The minimum Gasteiger partial charge on any atom is -0.505 e. The van der Waals surface area contributed by atoms with E-state index in [0.29, 0.717) is 11.5 Å². The minimum absolute atomic E-state index is 0.0351. The van der Waals surface area contributed by atoms with E-state index in [1.165, 1.54) is 17.6 Å². The molecule has 0 aliphatic carbocycles. The number of nitrogens with one attached hydrogen (secondary N) is 2. The van der Waals surface area contributed by atoms with Gasteiger partial charge in [0.2, 0.25) is 0 Å². The topological polar surface area (TPSA) is 91.3 Å². The van der Waals surface area contributed by atoms with E-state index >= 15 is 0 Å². The van der Waals surface area contributed by atoms with Crippen LogP contribution in [0.3, 0.4) is 0 Å². The van der Waals surface area contributed by atoms with Crippen molar-refractivity contribution in [2.75, 3.05) is 11.9 Å². The van der Waals surface area contributed by atoms with Gasteiger partial charge in [0.1, 0.15) is 5.00 Å². The van der Waals surface area contributed by atoms with Crippen LogP contribution in [0, 0.1) is 5.41 Å². The van der Waals surface area contributed by atoms with Crippen LogP contribution in [0.25, 0.3) is 0 Å². The van der Waals surface area contributed by atoms with Crippen LogP contribution in [0.5, 0.6) is 5.75 Å². The molecular weight excluding hydrogens is 397 g/mol. The number of carbonyl (C=O) groups is 2. The van der Waals surface area contributed by atoms with Crippen LogP contribution in [0.15, 0.2) is 17.6 Å². The van der Waals surface area contributed by atoms with Crippen molar-refractivity contribution < 1.29 is 14.7 Å². The number of hydrogen-bond acceptors (Lipinski definition) is 5. The van der Waals surface area contributed by atoms with Crippen LogP contribution in [-0.4, -0.2) is 28.4 Å². The first-order valence-corrected chi connectivity index (χ1v) is 9.43. The average Bonchev–Trinajstić information content (AvgIpc) is 2.98. The van der Waals surface area contributed by atoms with E-state index in [9.17, 15) is 14.7 Å². The number of phenols is 1. The number of anilines is 1. The summed E-state index contributed by atoms with van der Waals surface area (Å²) in [4.78, 5) is 28.7. The van der Waals surface area contributed by atoms with Crippen LogP contribution in [0.2, 0.25) is 10.0 Å². The van der Waals surface area contributed by atoms with Crippen molar-refractivity contribution in [2.24, 2.45) is 5.41 Å². The summed E-state index contributed by atoms with van der Waals surface area (Å²) in [5.74, 6) is -1.16. The van der Waals surface area contributed by atoms with Crippen molar-refractivity contribution >= 4 is 51.4 Å². The second-order valence-electron chi connectivity index (χ2n) is 6.84. The van der Waals surface area contributed by atoms with Crippen LogP contribution in [-0.2, 0) is 0 Å². The first-order chi connectivity index (χ1) is 12.1. The molecule has 1 aromatic carbocycles. The first-order valence-electron chi connectivity index (χ1n) is 7.79. The first kappa shape index (κ1) is 20.5. The summed E-state index contributed by atoms with van der Waals surface area (Å²) in [5, 5.41) is 15.2. The van der Waals surface area contributed by atoms with Gasteiger partial charge in [-0.05, 0) is 24.0 Å². The summed E-state index contributed by atoms with van der Waals surface area (Å²) in [5.41, 5.74) is 1.88. The highest BCUT2D eigenvalue weighted by molar-refractivity contribution is 7.14. The monoisotopic (exact) mass is 415 g/mol. The van der Waals surface area contributed by atoms with E-state index in [4.69, 9.17) is 23.2 Å². The molecule has 2 aromatic rings. The summed E-state index contributed by atoms with van der Waals surface area (Å²) in [6, 6.07) is 2.59. The molecule has 0 fully saturated rings. The number of thiazole rings is 1. The van der Waals surface area contributed by atoms with Crippen molar-refractivity contribution in [1.29, 1.82) is 0 Å². The number of phenolic OH excluding ortho intramolecular Hbond substituents is 1.